The molecule has 0 unspecified atom stereocenters. The summed E-state index contributed by atoms with van der Waals surface area (Å²) < 4.78 is 5.35. The van der Waals surface area contributed by atoms with E-state index in [4.69, 9.17) is 4.42 Å². The average molecular weight is 263 g/mol. The minimum absolute atomic E-state index is 0.622. The molecule has 96 valence electrons. The molecule has 1 heterocycles. The maximum absolute atomic E-state index is 5.35. The van der Waals surface area contributed by atoms with Crippen molar-refractivity contribution in [3.63, 3.8) is 0 Å². The lowest BCUT2D eigenvalue weighted by Crippen LogP contribution is -2.20. The predicted octanol–water partition coefficient (Wildman–Crippen LogP) is 2.60. The van der Waals surface area contributed by atoms with Gasteiger partial charge >= 0.3 is 0 Å². The molecule has 0 aliphatic rings. The van der Waals surface area contributed by atoms with Gasteiger partial charge in [-0.15, -0.1) is 22.0 Å². The first-order chi connectivity index (χ1) is 8.74. The molecule has 0 bridgehead atoms. The molecule has 0 radical (unpaired) electrons. The first-order valence-electron chi connectivity index (χ1n) is 5.89. The summed E-state index contributed by atoms with van der Waals surface area (Å²) in [5.41, 5.74) is 0. The molecule has 0 aliphatic carbocycles. The fourth-order valence-corrected chi connectivity index (χ4v) is 2.54. The van der Waals surface area contributed by atoms with Gasteiger partial charge < -0.3 is 4.42 Å². The summed E-state index contributed by atoms with van der Waals surface area (Å²) in [6, 6.07) is 10.4. The van der Waals surface area contributed by atoms with Crippen molar-refractivity contribution in [2.24, 2.45) is 0 Å². The minimum atomic E-state index is 0.622. The van der Waals surface area contributed by atoms with Gasteiger partial charge in [0, 0.05) is 24.1 Å². The first kappa shape index (κ1) is 13.1. The molecular weight excluding hydrogens is 246 g/mol. The van der Waals surface area contributed by atoms with Crippen molar-refractivity contribution in [1.29, 1.82) is 0 Å². The van der Waals surface area contributed by atoms with Crippen LogP contribution in [0.25, 0.3) is 0 Å². The normalized spacial score (nSPS) is 11.1. The lowest BCUT2D eigenvalue weighted by molar-refractivity contribution is 0.301. The largest absolute Gasteiger partial charge is 0.424 e. The Labute approximate surface area is 111 Å². The Balaban J connectivity index is 1.70. The number of benzene rings is 1. The summed E-state index contributed by atoms with van der Waals surface area (Å²) in [5, 5.41) is 7.81. The van der Waals surface area contributed by atoms with E-state index >= 15 is 0 Å². The molecule has 1 aromatic heterocycles. The molecule has 0 spiro atoms. The zero-order chi connectivity index (χ0) is 12.8. The third-order valence-corrected chi connectivity index (χ3v) is 3.45. The van der Waals surface area contributed by atoms with Crippen LogP contribution in [0.5, 0.6) is 0 Å². The molecule has 4 nitrogen and oxygen atoms in total. The van der Waals surface area contributed by atoms with Gasteiger partial charge in [0.2, 0.25) is 11.8 Å². The van der Waals surface area contributed by atoms with Crippen molar-refractivity contribution < 1.29 is 4.42 Å². The van der Waals surface area contributed by atoms with Crippen molar-refractivity contribution >= 4 is 11.8 Å². The Morgan fingerprint density at radius 2 is 2.00 bits per heavy atom. The molecular formula is C13H17N3OS. The van der Waals surface area contributed by atoms with Crippen LogP contribution in [0.3, 0.4) is 0 Å². The number of nitrogens with zero attached hydrogens (tertiary/aromatic N) is 3. The summed E-state index contributed by atoms with van der Waals surface area (Å²) >= 11 is 1.86. The molecule has 0 N–H and O–H groups in total. The van der Waals surface area contributed by atoms with Crippen LogP contribution in [0.4, 0.5) is 0 Å². The molecule has 18 heavy (non-hydrogen) atoms. The summed E-state index contributed by atoms with van der Waals surface area (Å²) in [5.74, 6) is 2.35. The molecule has 0 aliphatic heterocycles. The predicted molar refractivity (Wildman–Crippen MR) is 72.5 cm³/mol. The van der Waals surface area contributed by atoms with Gasteiger partial charge in [0.05, 0.1) is 6.54 Å². The van der Waals surface area contributed by atoms with Crippen LogP contribution in [0.15, 0.2) is 39.6 Å². The molecule has 1 aromatic carbocycles. The molecule has 0 atom stereocenters. The standard InChI is InChI=1S/C13H17N3OS/c1-11-14-15-13(17-11)10-16(2)8-9-18-12-6-4-3-5-7-12/h3-7H,8-10H2,1-2H3. The maximum atomic E-state index is 5.35. The SMILES string of the molecule is Cc1nnc(CN(C)CCSc2ccccc2)o1. The summed E-state index contributed by atoms with van der Waals surface area (Å²) in [6.07, 6.45) is 0. The van der Waals surface area contributed by atoms with Gasteiger partial charge in [-0.3, -0.25) is 4.90 Å². The van der Waals surface area contributed by atoms with Gasteiger partial charge in [0.25, 0.3) is 0 Å². The fraction of sp³-hybridized carbons (Fsp3) is 0.385. The molecule has 5 heteroatoms. The van der Waals surface area contributed by atoms with E-state index in [-0.39, 0.29) is 0 Å². The monoisotopic (exact) mass is 263 g/mol. The molecule has 0 saturated carbocycles. The summed E-state index contributed by atoms with van der Waals surface area (Å²) in [7, 11) is 2.06. The highest BCUT2D eigenvalue weighted by Crippen LogP contribution is 2.16. The highest BCUT2D eigenvalue weighted by atomic mass is 32.2. The Hall–Kier alpha value is -1.33. The van der Waals surface area contributed by atoms with Crippen LogP contribution in [-0.4, -0.2) is 34.4 Å². The zero-order valence-corrected chi connectivity index (χ0v) is 11.5. The Morgan fingerprint density at radius 3 is 2.67 bits per heavy atom. The number of aryl methyl sites for hydroxylation is 1. The first-order valence-corrected chi connectivity index (χ1v) is 6.88. The number of hydrogen-bond acceptors (Lipinski definition) is 5. The van der Waals surface area contributed by atoms with E-state index < -0.39 is 0 Å². The van der Waals surface area contributed by atoms with E-state index in [1.54, 1.807) is 0 Å². The Kier molecular flexibility index (Phi) is 4.78. The van der Waals surface area contributed by atoms with Gasteiger partial charge in [-0.2, -0.15) is 0 Å². The molecule has 0 fully saturated rings. The van der Waals surface area contributed by atoms with Crippen molar-refractivity contribution in [2.75, 3.05) is 19.3 Å². The highest BCUT2D eigenvalue weighted by Gasteiger charge is 2.06. The van der Waals surface area contributed by atoms with Crippen molar-refractivity contribution in [3.05, 3.63) is 42.1 Å². The maximum Gasteiger partial charge on any atom is 0.230 e. The molecule has 0 amide bonds. The van der Waals surface area contributed by atoms with Crippen molar-refractivity contribution in [1.82, 2.24) is 15.1 Å². The van der Waals surface area contributed by atoms with E-state index in [9.17, 15) is 0 Å². The van der Waals surface area contributed by atoms with Gasteiger partial charge in [-0.25, -0.2) is 0 Å². The Morgan fingerprint density at radius 1 is 1.22 bits per heavy atom. The zero-order valence-electron chi connectivity index (χ0n) is 10.7. The fourth-order valence-electron chi connectivity index (χ4n) is 1.55. The third kappa shape index (κ3) is 4.16. The quantitative estimate of drug-likeness (QED) is 0.749. The minimum Gasteiger partial charge on any atom is -0.424 e. The number of hydrogen-bond donors (Lipinski definition) is 0. The van der Waals surface area contributed by atoms with Crippen LogP contribution in [0.2, 0.25) is 0 Å². The third-order valence-electron chi connectivity index (χ3n) is 2.46. The highest BCUT2D eigenvalue weighted by molar-refractivity contribution is 7.99. The van der Waals surface area contributed by atoms with Crippen LogP contribution >= 0.6 is 11.8 Å². The van der Waals surface area contributed by atoms with Gasteiger partial charge in [0.15, 0.2) is 0 Å². The van der Waals surface area contributed by atoms with E-state index in [0.29, 0.717) is 18.3 Å². The molecule has 2 rings (SSSR count). The van der Waals surface area contributed by atoms with Gasteiger partial charge in [-0.1, -0.05) is 18.2 Å². The van der Waals surface area contributed by atoms with Crippen LogP contribution in [-0.2, 0) is 6.54 Å². The number of aromatic nitrogens is 2. The molecule has 0 saturated heterocycles. The van der Waals surface area contributed by atoms with Gasteiger partial charge in [0.1, 0.15) is 0 Å². The second kappa shape index (κ2) is 6.56. The lowest BCUT2D eigenvalue weighted by atomic mass is 10.4. The summed E-state index contributed by atoms with van der Waals surface area (Å²) in [6.45, 7) is 3.50. The number of rotatable bonds is 6. The van der Waals surface area contributed by atoms with Gasteiger partial charge in [-0.05, 0) is 19.2 Å². The Bertz CT molecular complexity index is 472. The second-order valence-electron chi connectivity index (χ2n) is 4.11. The average Bonchev–Trinajstić information content (AvgIpc) is 2.76. The van der Waals surface area contributed by atoms with E-state index in [2.05, 4.69) is 46.4 Å². The van der Waals surface area contributed by atoms with Crippen LogP contribution in [0.1, 0.15) is 11.8 Å². The van der Waals surface area contributed by atoms with E-state index in [1.807, 2.05) is 24.8 Å². The topological polar surface area (TPSA) is 42.2 Å². The molecule has 2 aromatic rings. The van der Waals surface area contributed by atoms with Crippen molar-refractivity contribution in [2.45, 2.75) is 18.4 Å². The number of thioether (sulfide) groups is 1. The second-order valence-corrected chi connectivity index (χ2v) is 5.28. The smallest absolute Gasteiger partial charge is 0.230 e. The van der Waals surface area contributed by atoms with E-state index in [1.165, 1.54) is 4.90 Å². The van der Waals surface area contributed by atoms with Crippen molar-refractivity contribution in [3.8, 4) is 0 Å². The van der Waals surface area contributed by atoms with Crippen LogP contribution in [0, 0.1) is 6.92 Å². The lowest BCUT2D eigenvalue weighted by Gasteiger charge is -2.13. The summed E-state index contributed by atoms with van der Waals surface area (Å²) in [4.78, 5) is 3.49. The van der Waals surface area contributed by atoms with Crippen LogP contribution < -0.4 is 0 Å². The van der Waals surface area contributed by atoms with E-state index in [0.717, 1.165) is 12.3 Å².